The van der Waals surface area contributed by atoms with Crippen LogP contribution in [0, 0.1) is 6.92 Å². The van der Waals surface area contributed by atoms with Gasteiger partial charge in [-0.2, -0.15) is 4.31 Å². The lowest BCUT2D eigenvalue weighted by molar-refractivity contribution is 0.384. The van der Waals surface area contributed by atoms with Crippen molar-refractivity contribution in [2.75, 3.05) is 31.1 Å². The summed E-state index contributed by atoms with van der Waals surface area (Å²) in [6, 6.07) is 15.4. The van der Waals surface area contributed by atoms with E-state index >= 15 is 0 Å². The predicted molar refractivity (Wildman–Crippen MR) is 121 cm³/mol. The number of nitrogens with zero attached hydrogens (tertiary/aromatic N) is 3. The first-order valence-corrected chi connectivity index (χ1v) is 12.5. The second-order valence-electron chi connectivity index (χ2n) is 7.11. The van der Waals surface area contributed by atoms with Crippen molar-refractivity contribution in [1.29, 1.82) is 0 Å². The van der Waals surface area contributed by atoms with Crippen LogP contribution in [-0.4, -0.2) is 43.9 Å². The quantitative estimate of drug-likeness (QED) is 0.533. The van der Waals surface area contributed by atoms with Crippen LogP contribution in [0.3, 0.4) is 0 Å². The largest absolute Gasteiger partial charge is 0.345 e. The molecule has 29 heavy (non-hydrogen) atoms. The van der Waals surface area contributed by atoms with Crippen LogP contribution in [0.25, 0.3) is 0 Å². The molecular weight excluding hydrogens is 470 g/mol. The van der Waals surface area contributed by atoms with Crippen molar-refractivity contribution >= 4 is 42.4 Å². The number of hydrogen-bond donors (Lipinski definition) is 0. The number of aryl methyl sites for hydroxylation is 1. The van der Waals surface area contributed by atoms with Crippen LogP contribution < -0.4 is 4.90 Å². The average molecular weight is 492 g/mol. The zero-order chi connectivity index (χ0) is 20.4. The van der Waals surface area contributed by atoms with Crippen molar-refractivity contribution < 1.29 is 8.42 Å². The minimum absolute atomic E-state index is 0.322. The van der Waals surface area contributed by atoms with Gasteiger partial charge in [0, 0.05) is 42.5 Å². The fourth-order valence-corrected chi connectivity index (χ4v) is 6.73. The molecule has 4 rings (SSSR count). The molecule has 8 heteroatoms. The number of benzene rings is 2. The van der Waals surface area contributed by atoms with E-state index in [1.165, 1.54) is 11.1 Å². The molecule has 1 saturated heterocycles. The van der Waals surface area contributed by atoms with Gasteiger partial charge < -0.3 is 4.90 Å². The molecule has 1 aromatic heterocycles. The summed E-state index contributed by atoms with van der Waals surface area (Å²) < 4.78 is 28.1. The molecule has 152 valence electrons. The van der Waals surface area contributed by atoms with Gasteiger partial charge in [-0.15, -0.1) is 11.3 Å². The smallest absolute Gasteiger partial charge is 0.244 e. The summed E-state index contributed by atoms with van der Waals surface area (Å²) in [5.41, 5.74) is 3.56. The monoisotopic (exact) mass is 491 g/mol. The van der Waals surface area contributed by atoms with E-state index in [1.54, 1.807) is 33.8 Å². The number of aromatic nitrogens is 1. The van der Waals surface area contributed by atoms with E-state index in [0.717, 1.165) is 17.2 Å². The van der Waals surface area contributed by atoms with E-state index in [4.69, 9.17) is 4.98 Å². The zero-order valence-corrected chi connectivity index (χ0v) is 19.3. The van der Waals surface area contributed by atoms with Gasteiger partial charge in [0.25, 0.3) is 0 Å². The van der Waals surface area contributed by atoms with E-state index in [1.807, 2.05) is 6.07 Å². The Hall–Kier alpha value is -1.74. The Kier molecular flexibility index (Phi) is 6.06. The van der Waals surface area contributed by atoms with Crippen molar-refractivity contribution in [2.24, 2.45) is 0 Å². The van der Waals surface area contributed by atoms with E-state index in [2.05, 4.69) is 57.4 Å². The normalized spacial score (nSPS) is 15.6. The molecule has 0 aliphatic carbocycles. The third-order valence-electron chi connectivity index (χ3n) is 4.97. The highest BCUT2D eigenvalue weighted by atomic mass is 79.9. The molecule has 0 unspecified atom stereocenters. The fraction of sp³-hybridized carbons (Fsp3) is 0.286. The highest BCUT2D eigenvalue weighted by Crippen LogP contribution is 2.28. The molecule has 1 aliphatic heterocycles. The SMILES string of the molecule is Cc1cccc(Cc2csc(N3CCN(S(=O)(=O)c4ccccc4Br)CC3)n2)c1. The Morgan fingerprint density at radius 2 is 1.83 bits per heavy atom. The van der Waals surface area contributed by atoms with Crippen LogP contribution in [0.5, 0.6) is 0 Å². The summed E-state index contributed by atoms with van der Waals surface area (Å²) in [6.07, 6.45) is 0.814. The second-order valence-corrected chi connectivity index (χ2v) is 10.7. The van der Waals surface area contributed by atoms with Crippen LogP contribution >= 0.6 is 27.3 Å². The molecule has 0 bridgehead atoms. The van der Waals surface area contributed by atoms with E-state index in [-0.39, 0.29) is 0 Å². The molecule has 0 spiro atoms. The first-order chi connectivity index (χ1) is 13.9. The lowest BCUT2D eigenvalue weighted by atomic mass is 10.1. The molecule has 2 heterocycles. The van der Waals surface area contributed by atoms with Gasteiger partial charge in [-0.25, -0.2) is 13.4 Å². The third kappa shape index (κ3) is 4.55. The predicted octanol–water partition coefficient (Wildman–Crippen LogP) is 4.32. The Morgan fingerprint density at radius 3 is 2.55 bits per heavy atom. The summed E-state index contributed by atoms with van der Waals surface area (Å²) >= 11 is 4.98. The molecule has 5 nitrogen and oxygen atoms in total. The number of anilines is 1. The van der Waals surface area contributed by atoms with Crippen molar-refractivity contribution in [3.05, 3.63) is 75.2 Å². The fourth-order valence-electron chi connectivity index (χ4n) is 3.47. The number of hydrogen-bond acceptors (Lipinski definition) is 5. The number of halogens is 1. The topological polar surface area (TPSA) is 53.5 Å². The number of thiazole rings is 1. The van der Waals surface area contributed by atoms with Crippen molar-refractivity contribution in [1.82, 2.24) is 9.29 Å². The number of sulfonamides is 1. The summed E-state index contributed by atoms with van der Waals surface area (Å²) in [5, 5.41) is 3.06. The Morgan fingerprint density at radius 1 is 1.07 bits per heavy atom. The number of piperazine rings is 1. The minimum Gasteiger partial charge on any atom is -0.345 e. The third-order valence-corrected chi connectivity index (χ3v) is 8.83. The molecule has 1 aliphatic rings. The van der Waals surface area contributed by atoms with Crippen molar-refractivity contribution in [3.63, 3.8) is 0 Å². The molecule has 0 amide bonds. The first-order valence-electron chi connectivity index (χ1n) is 9.43. The maximum Gasteiger partial charge on any atom is 0.244 e. The van der Waals surface area contributed by atoms with Crippen LogP contribution in [0.15, 0.2) is 63.3 Å². The highest BCUT2D eigenvalue weighted by molar-refractivity contribution is 9.10. The average Bonchev–Trinajstić information content (AvgIpc) is 3.17. The molecule has 3 aromatic rings. The van der Waals surface area contributed by atoms with Crippen molar-refractivity contribution in [3.8, 4) is 0 Å². The molecule has 0 atom stereocenters. The first kappa shape index (κ1) is 20.5. The lowest BCUT2D eigenvalue weighted by Gasteiger charge is -2.34. The van der Waals surface area contributed by atoms with Gasteiger partial charge in [0.2, 0.25) is 10.0 Å². The molecule has 2 aromatic carbocycles. The van der Waals surface area contributed by atoms with Gasteiger partial charge >= 0.3 is 0 Å². The van der Waals surface area contributed by atoms with Crippen LogP contribution in [0.1, 0.15) is 16.8 Å². The van der Waals surface area contributed by atoms with E-state index < -0.39 is 10.0 Å². The Bertz CT molecular complexity index is 1110. The standard InChI is InChI=1S/C21H22BrN3O2S2/c1-16-5-4-6-17(13-16)14-18-15-28-21(23-18)24-9-11-25(12-10-24)29(26,27)20-8-3-2-7-19(20)22/h2-8,13,15H,9-12,14H2,1H3. The maximum absolute atomic E-state index is 13.0. The second kappa shape index (κ2) is 8.55. The van der Waals surface area contributed by atoms with Crippen molar-refractivity contribution in [2.45, 2.75) is 18.2 Å². The van der Waals surface area contributed by atoms with Gasteiger partial charge in [0.15, 0.2) is 5.13 Å². The molecule has 1 fully saturated rings. The molecule has 0 radical (unpaired) electrons. The lowest BCUT2D eigenvalue weighted by Crippen LogP contribution is -2.48. The highest BCUT2D eigenvalue weighted by Gasteiger charge is 2.30. The van der Waals surface area contributed by atoms with Crippen LogP contribution in [0.4, 0.5) is 5.13 Å². The summed E-state index contributed by atoms with van der Waals surface area (Å²) in [4.78, 5) is 7.29. The van der Waals surface area contributed by atoms with Crippen LogP contribution in [-0.2, 0) is 16.4 Å². The summed E-state index contributed by atoms with van der Waals surface area (Å²) in [6.45, 7) is 4.28. The van der Waals surface area contributed by atoms with E-state index in [0.29, 0.717) is 35.5 Å². The number of rotatable bonds is 5. The Labute approximate surface area is 184 Å². The van der Waals surface area contributed by atoms with Gasteiger partial charge in [-0.1, -0.05) is 42.0 Å². The van der Waals surface area contributed by atoms with Gasteiger partial charge in [0.1, 0.15) is 0 Å². The molecular formula is C21H22BrN3O2S2. The van der Waals surface area contributed by atoms with Gasteiger partial charge in [-0.3, -0.25) is 0 Å². The maximum atomic E-state index is 13.0. The summed E-state index contributed by atoms with van der Waals surface area (Å²) in [5.74, 6) is 0. The minimum atomic E-state index is -3.50. The Balaban J connectivity index is 1.41. The van der Waals surface area contributed by atoms with Gasteiger partial charge in [-0.05, 0) is 40.5 Å². The van der Waals surface area contributed by atoms with Gasteiger partial charge in [0.05, 0.1) is 10.6 Å². The zero-order valence-electron chi connectivity index (χ0n) is 16.1. The summed E-state index contributed by atoms with van der Waals surface area (Å²) in [7, 11) is -3.50. The molecule has 0 saturated carbocycles. The van der Waals surface area contributed by atoms with E-state index in [9.17, 15) is 8.42 Å². The van der Waals surface area contributed by atoms with Crippen LogP contribution in [0.2, 0.25) is 0 Å². The molecule has 0 N–H and O–H groups in total.